The van der Waals surface area contributed by atoms with E-state index in [4.69, 9.17) is 0 Å². The third-order valence-electron chi connectivity index (χ3n) is 11.7. The van der Waals surface area contributed by atoms with Gasteiger partial charge in [0.05, 0.1) is 0 Å². The van der Waals surface area contributed by atoms with Crippen LogP contribution in [0.15, 0.2) is 109 Å². The van der Waals surface area contributed by atoms with Gasteiger partial charge in [-0.1, -0.05) is 57.5 Å². The molecule has 1 atom stereocenters. The van der Waals surface area contributed by atoms with Crippen molar-refractivity contribution in [1.29, 1.82) is 0 Å². The number of carbonyl (C=O) groups is 3. The first-order valence-electron chi connectivity index (χ1n) is 21.9. The molecule has 10 nitrogen and oxygen atoms in total. The average molecular weight is 873 g/mol. The van der Waals surface area contributed by atoms with Crippen LogP contribution in [0.2, 0.25) is 0 Å². The van der Waals surface area contributed by atoms with E-state index in [1.54, 1.807) is 30.3 Å². The van der Waals surface area contributed by atoms with Gasteiger partial charge < -0.3 is 25.3 Å². The maximum Gasteiger partial charge on any atom is 0.573 e. The van der Waals surface area contributed by atoms with Crippen LogP contribution in [-0.4, -0.2) is 83.0 Å². The summed E-state index contributed by atoms with van der Waals surface area (Å²) in [4.78, 5) is 47.9. The highest BCUT2D eigenvalue weighted by Crippen LogP contribution is 2.33. The minimum absolute atomic E-state index is 0.0753. The van der Waals surface area contributed by atoms with Crippen molar-refractivity contribution in [3.8, 4) is 5.75 Å². The number of aromatic amines is 2. The molecule has 2 aliphatic rings. The fourth-order valence-corrected chi connectivity index (χ4v) is 8.49. The molecule has 4 aromatic carbocycles. The van der Waals surface area contributed by atoms with E-state index in [2.05, 4.69) is 81.2 Å². The van der Waals surface area contributed by atoms with Gasteiger partial charge in [0.2, 0.25) is 0 Å². The molecule has 2 aromatic heterocycles. The molecule has 334 valence electrons. The Balaban J connectivity index is 0.000000192. The van der Waals surface area contributed by atoms with Crippen molar-refractivity contribution in [3.05, 3.63) is 137 Å². The minimum Gasteiger partial charge on any atom is -0.406 e. The number of aldehydes is 1. The van der Waals surface area contributed by atoms with Gasteiger partial charge in [-0.15, -0.1) is 13.2 Å². The number of hydrogen-bond acceptors (Lipinski definition) is 6. The van der Waals surface area contributed by atoms with E-state index < -0.39 is 18.0 Å². The Hall–Kier alpha value is -6.44. The van der Waals surface area contributed by atoms with Crippen LogP contribution in [0.3, 0.4) is 0 Å². The lowest BCUT2D eigenvalue weighted by molar-refractivity contribution is -0.274. The molecule has 13 heteroatoms. The molecule has 2 amide bonds. The molecule has 64 heavy (non-hydrogen) atoms. The van der Waals surface area contributed by atoms with E-state index in [1.165, 1.54) is 41.7 Å². The number of benzene rings is 4. The van der Waals surface area contributed by atoms with Crippen molar-refractivity contribution in [2.75, 3.05) is 43.4 Å². The van der Waals surface area contributed by atoms with Gasteiger partial charge >= 0.3 is 6.36 Å². The van der Waals surface area contributed by atoms with Crippen LogP contribution in [0.5, 0.6) is 5.75 Å². The van der Waals surface area contributed by atoms with Crippen molar-refractivity contribution < 1.29 is 32.3 Å². The molecule has 6 aromatic rings. The summed E-state index contributed by atoms with van der Waals surface area (Å²) >= 11 is 0. The van der Waals surface area contributed by atoms with Crippen LogP contribution in [0.25, 0.3) is 33.0 Å². The summed E-state index contributed by atoms with van der Waals surface area (Å²) in [7, 11) is 0. The van der Waals surface area contributed by atoms with E-state index in [-0.39, 0.29) is 11.5 Å². The maximum atomic E-state index is 12.6. The molecular formula is C51H55F3N6O4. The van der Waals surface area contributed by atoms with Gasteiger partial charge in [0.1, 0.15) is 12.0 Å². The van der Waals surface area contributed by atoms with Gasteiger partial charge in [0, 0.05) is 112 Å². The number of anilines is 2. The maximum absolute atomic E-state index is 12.6. The second-order valence-electron chi connectivity index (χ2n) is 16.9. The lowest BCUT2D eigenvalue weighted by atomic mass is 9.97. The fraction of sp³-hybridized carbons (Fsp3) is 0.314. The SMILES string of the molecule is CC(C)CN1CC=C(c2c[nH]c3ccc(NC(=O)c4cccc(OC(F)(F)F)c4)cc23)CC1.CCCC(C)N1CC=C(c2c[nH]c3ccc(NC(=O)c4cccc(C=O)c4)cc23)CC1. The summed E-state index contributed by atoms with van der Waals surface area (Å²) in [6.07, 6.45) is 9.00. The zero-order valence-corrected chi connectivity index (χ0v) is 36.6. The van der Waals surface area contributed by atoms with Gasteiger partial charge in [0.15, 0.2) is 0 Å². The number of carbonyl (C=O) groups excluding carboxylic acids is 3. The molecular weight excluding hydrogens is 818 g/mol. The lowest BCUT2D eigenvalue weighted by Crippen LogP contribution is -2.36. The Kier molecular flexibility index (Phi) is 14.5. The number of halogens is 3. The largest absolute Gasteiger partial charge is 0.573 e. The highest BCUT2D eigenvalue weighted by atomic mass is 19.4. The Morgan fingerprint density at radius 3 is 1.86 bits per heavy atom. The van der Waals surface area contributed by atoms with Crippen molar-refractivity contribution in [2.45, 2.75) is 65.8 Å². The number of hydrogen-bond donors (Lipinski definition) is 4. The number of rotatable bonds is 13. The van der Waals surface area contributed by atoms with Crippen molar-refractivity contribution in [1.82, 2.24) is 19.8 Å². The highest BCUT2D eigenvalue weighted by molar-refractivity contribution is 6.07. The molecule has 0 saturated heterocycles. The van der Waals surface area contributed by atoms with Gasteiger partial charge in [-0.2, -0.15) is 0 Å². The summed E-state index contributed by atoms with van der Waals surface area (Å²) in [6.45, 7) is 14.0. The number of nitrogens with one attached hydrogen (secondary N) is 4. The van der Waals surface area contributed by atoms with E-state index in [0.29, 0.717) is 28.8 Å². The number of aromatic nitrogens is 2. The van der Waals surface area contributed by atoms with Crippen LogP contribution in [-0.2, 0) is 0 Å². The Labute approximate surface area is 371 Å². The van der Waals surface area contributed by atoms with Gasteiger partial charge in [-0.3, -0.25) is 24.2 Å². The normalized spacial score (nSPS) is 15.2. The molecule has 0 spiro atoms. The molecule has 0 saturated carbocycles. The van der Waals surface area contributed by atoms with Crippen LogP contribution in [0, 0.1) is 5.92 Å². The first-order valence-corrected chi connectivity index (χ1v) is 21.9. The second kappa shape index (κ2) is 20.4. The standard InChI is InChI=1S/C26H29N3O2.C25H26F3N3O2/c1-3-5-18(2)29-12-10-20(11-13-29)24-16-27-25-9-8-22(15-23(24)25)28-26(31)21-7-4-6-19(14-21)17-30;1-16(2)15-31-10-8-17(9-11-31)22-14-29-23-7-6-19(13-21(22)23)30-24(32)18-4-3-5-20(12-18)33-25(26,27)28/h4,6-10,14-18,27H,3,5,11-13H2,1-2H3,(H,28,31);3-8,12-14,16,29H,9-11,15H2,1-2H3,(H,30,32). The molecule has 4 heterocycles. The number of alkyl halides is 3. The first-order chi connectivity index (χ1) is 30.8. The van der Waals surface area contributed by atoms with E-state index >= 15 is 0 Å². The third-order valence-corrected chi connectivity index (χ3v) is 11.7. The van der Waals surface area contributed by atoms with Gasteiger partial charge in [-0.25, -0.2) is 0 Å². The number of ether oxygens (including phenoxy) is 1. The highest BCUT2D eigenvalue weighted by Gasteiger charge is 2.31. The van der Waals surface area contributed by atoms with E-state index in [9.17, 15) is 27.6 Å². The summed E-state index contributed by atoms with van der Waals surface area (Å²) in [5, 5.41) is 7.84. The number of amides is 2. The quantitative estimate of drug-likeness (QED) is 0.0857. The van der Waals surface area contributed by atoms with Gasteiger partial charge in [0.25, 0.3) is 11.8 Å². The minimum atomic E-state index is -4.82. The van der Waals surface area contributed by atoms with Gasteiger partial charge in [-0.05, 0) is 110 Å². The average Bonchev–Trinajstić information content (AvgIpc) is 3.90. The monoisotopic (exact) mass is 872 g/mol. The third kappa shape index (κ3) is 11.6. The lowest BCUT2D eigenvalue weighted by Gasteiger charge is -2.31. The summed E-state index contributed by atoms with van der Waals surface area (Å²) in [6, 6.07) is 23.8. The van der Waals surface area contributed by atoms with E-state index in [0.717, 1.165) is 97.0 Å². The van der Waals surface area contributed by atoms with Crippen molar-refractivity contribution >= 4 is 62.4 Å². The molecule has 8 rings (SSSR count). The molecule has 1 unspecified atom stereocenters. The zero-order chi connectivity index (χ0) is 45.4. The summed E-state index contributed by atoms with van der Waals surface area (Å²) < 4.78 is 41.3. The molecule has 2 aliphatic heterocycles. The van der Waals surface area contributed by atoms with Crippen LogP contribution in [0.1, 0.15) is 95.6 Å². The van der Waals surface area contributed by atoms with Crippen molar-refractivity contribution in [2.24, 2.45) is 5.92 Å². The van der Waals surface area contributed by atoms with Crippen LogP contribution >= 0.6 is 0 Å². The second-order valence-corrected chi connectivity index (χ2v) is 16.9. The Morgan fingerprint density at radius 1 is 0.766 bits per heavy atom. The summed E-state index contributed by atoms with van der Waals surface area (Å²) in [5.41, 5.74) is 9.27. The van der Waals surface area contributed by atoms with Crippen LogP contribution < -0.4 is 15.4 Å². The summed E-state index contributed by atoms with van der Waals surface area (Å²) in [5.74, 6) is -0.549. The Bertz CT molecular complexity index is 2680. The fourth-order valence-electron chi connectivity index (χ4n) is 8.49. The molecule has 0 bridgehead atoms. The number of fused-ring (bicyclic) bond motifs is 2. The molecule has 0 radical (unpaired) electrons. The molecule has 0 aliphatic carbocycles. The van der Waals surface area contributed by atoms with Crippen molar-refractivity contribution in [3.63, 3.8) is 0 Å². The predicted octanol–water partition coefficient (Wildman–Crippen LogP) is 11.6. The predicted molar refractivity (Wildman–Crippen MR) is 250 cm³/mol. The zero-order valence-electron chi connectivity index (χ0n) is 36.6. The van der Waals surface area contributed by atoms with E-state index in [1.807, 2.05) is 36.5 Å². The first kappa shape index (κ1) is 45.6. The molecule has 0 fully saturated rings. The Morgan fingerprint density at radius 2 is 1.34 bits per heavy atom. The smallest absolute Gasteiger partial charge is 0.406 e. The number of H-pyrrole nitrogens is 2. The number of nitrogens with zero attached hydrogens (tertiary/aromatic N) is 2. The molecule has 4 N–H and O–H groups in total. The van der Waals surface area contributed by atoms with Crippen LogP contribution in [0.4, 0.5) is 24.5 Å². The topological polar surface area (TPSA) is 123 Å².